The lowest BCUT2D eigenvalue weighted by Crippen LogP contribution is -3.11. The first kappa shape index (κ1) is 18.8. The third kappa shape index (κ3) is 3.86. The largest absolute Gasteiger partial charge is 0.497 e. The van der Waals surface area contributed by atoms with Crippen LogP contribution in [-0.2, 0) is 20.3 Å². The van der Waals surface area contributed by atoms with Gasteiger partial charge in [-0.1, -0.05) is 12.1 Å². The summed E-state index contributed by atoms with van der Waals surface area (Å²) in [6.07, 6.45) is 2.43. The molecule has 2 aromatic carbocycles. The summed E-state index contributed by atoms with van der Waals surface area (Å²) in [6.45, 7) is 1.56. The van der Waals surface area contributed by atoms with Gasteiger partial charge < -0.3 is 14.2 Å². The number of hydrogen-bond donors (Lipinski definition) is 1. The number of benzene rings is 2. The van der Waals surface area contributed by atoms with Crippen LogP contribution in [0.3, 0.4) is 0 Å². The van der Waals surface area contributed by atoms with Gasteiger partial charge in [-0.15, -0.1) is 5.10 Å². The second kappa shape index (κ2) is 7.85. The van der Waals surface area contributed by atoms with Crippen LogP contribution in [0.2, 0.25) is 0 Å². The van der Waals surface area contributed by atoms with E-state index in [4.69, 9.17) is 17.0 Å². The van der Waals surface area contributed by atoms with Crippen LogP contribution in [0.4, 0.5) is 4.39 Å². The Morgan fingerprint density at radius 1 is 1.18 bits per heavy atom. The number of aromatic nitrogens is 3. The predicted molar refractivity (Wildman–Crippen MR) is 108 cm³/mol. The minimum atomic E-state index is -0.289. The summed E-state index contributed by atoms with van der Waals surface area (Å²) in [5.41, 5.74) is 1.72. The van der Waals surface area contributed by atoms with Crippen molar-refractivity contribution < 1.29 is 14.0 Å². The Kier molecular flexibility index (Phi) is 5.28. The van der Waals surface area contributed by atoms with Gasteiger partial charge in [0.05, 0.1) is 18.7 Å². The Balaban J connectivity index is 1.58. The van der Waals surface area contributed by atoms with Crippen molar-refractivity contribution in [1.29, 1.82) is 0 Å². The van der Waals surface area contributed by atoms with Crippen LogP contribution >= 0.6 is 12.2 Å². The van der Waals surface area contributed by atoms with E-state index in [1.54, 1.807) is 23.8 Å². The molecule has 1 aromatic heterocycles. The lowest BCUT2D eigenvalue weighted by atomic mass is 10.2. The minimum absolute atomic E-state index is 0.289. The maximum absolute atomic E-state index is 14.2. The maximum atomic E-state index is 14.2. The first-order chi connectivity index (χ1) is 13.6. The molecule has 1 saturated carbocycles. The van der Waals surface area contributed by atoms with Gasteiger partial charge >= 0.3 is 0 Å². The summed E-state index contributed by atoms with van der Waals surface area (Å²) in [6, 6.07) is 15.5. The summed E-state index contributed by atoms with van der Waals surface area (Å²) in [4.78, 5) is 1.42. The Morgan fingerprint density at radius 2 is 1.89 bits per heavy atom. The SMILES string of the molecule is COc1ccc(C[NH+](Cn2nc(-c3ccccc3F)n(C)c2=S)C2CC2)cc1. The smallest absolute Gasteiger partial charge is 0.202 e. The molecule has 1 unspecified atom stereocenters. The van der Waals surface area contributed by atoms with Crippen LogP contribution in [0.25, 0.3) is 11.4 Å². The van der Waals surface area contributed by atoms with E-state index in [0.717, 1.165) is 12.3 Å². The van der Waals surface area contributed by atoms with Crippen LogP contribution in [0.15, 0.2) is 48.5 Å². The lowest BCUT2D eigenvalue weighted by molar-refractivity contribution is -0.947. The molecule has 4 rings (SSSR count). The number of hydrogen-bond acceptors (Lipinski definition) is 3. The average Bonchev–Trinajstić information content (AvgIpc) is 3.52. The molecule has 5 nitrogen and oxygen atoms in total. The zero-order chi connectivity index (χ0) is 19.7. The summed E-state index contributed by atoms with van der Waals surface area (Å²) < 4.78 is 23.7. The van der Waals surface area contributed by atoms with E-state index in [2.05, 4.69) is 17.2 Å². The van der Waals surface area contributed by atoms with Crippen LogP contribution in [0.1, 0.15) is 18.4 Å². The highest BCUT2D eigenvalue weighted by Gasteiger charge is 2.34. The molecule has 28 heavy (non-hydrogen) atoms. The number of nitrogens with one attached hydrogen (secondary N) is 1. The quantitative estimate of drug-likeness (QED) is 0.621. The summed E-state index contributed by atoms with van der Waals surface area (Å²) >= 11 is 5.59. The van der Waals surface area contributed by atoms with E-state index in [9.17, 15) is 4.39 Å². The van der Waals surface area contributed by atoms with Gasteiger partial charge in [-0.25, -0.2) is 4.39 Å². The predicted octanol–water partition coefficient (Wildman–Crippen LogP) is 2.97. The first-order valence-electron chi connectivity index (χ1n) is 9.43. The van der Waals surface area contributed by atoms with E-state index in [1.807, 2.05) is 29.9 Å². The number of ether oxygens (including phenoxy) is 1. The Labute approximate surface area is 169 Å². The van der Waals surface area contributed by atoms with Gasteiger partial charge in [-0.3, -0.25) is 0 Å². The van der Waals surface area contributed by atoms with Crippen molar-refractivity contribution in [2.75, 3.05) is 7.11 Å². The molecular weight excluding hydrogens is 375 g/mol. The molecule has 0 bridgehead atoms. The van der Waals surface area contributed by atoms with E-state index in [1.165, 1.54) is 29.4 Å². The Morgan fingerprint density at radius 3 is 2.54 bits per heavy atom. The average molecular weight is 400 g/mol. The topological polar surface area (TPSA) is 36.4 Å². The third-order valence-corrected chi connectivity index (χ3v) is 5.74. The van der Waals surface area contributed by atoms with Crippen molar-refractivity contribution in [1.82, 2.24) is 14.3 Å². The maximum Gasteiger partial charge on any atom is 0.202 e. The molecular formula is C21H24FN4OS+. The summed E-state index contributed by atoms with van der Waals surface area (Å²) in [5, 5.41) is 4.65. The second-order valence-corrected chi connectivity index (χ2v) is 7.63. The van der Waals surface area contributed by atoms with Gasteiger partial charge in [0, 0.05) is 25.5 Å². The molecule has 0 radical (unpaired) electrons. The normalized spacial score (nSPS) is 14.8. The molecule has 0 saturated heterocycles. The van der Waals surface area contributed by atoms with Crippen LogP contribution in [0.5, 0.6) is 5.75 Å². The molecule has 1 fully saturated rings. The van der Waals surface area contributed by atoms with Gasteiger partial charge in [0.25, 0.3) is 0 Å². The molecule has 1 heterocycles. The molecule has 0 spiro atoms. The van der Waals surface area contributed by atoms with Crippen molar-refractivity contribution in [3.63, 3.8) is 0 Å². The van der Waals surface area contributed by atoms with Gasteiger partial charge in [-0.05, 0) is 48.6 Å². The van der Waals surface area contributed by atoms with Crippen LogP contribution in [-0.4, -0.2) is 27.5 Å². The number of rotatable bonds is 7. The fourth-order valence-corrected chi connectivity index (χ4v) is 3.68. The third-order valence-electron chi connectivity index (χ3n) is 5.25. The van der Waals surface area contributed by atoms with Gasteiger partial charge in [0.2, 0.25) is 4.77 Å². The van der Waals surface area contributed by atoms with Gasteiger partial charge in [0.15, 0.2) is 12.5 Å². The molecule has 146 valence electrons. The molecule has 1 N–H and O–H groups in total. The molecule has 1 aliphatic rings. The zero-order valence-corrected chi connectivity index (χ0v) is 16.9. The highest BCUT2D eigenvalue weighted by Crippen LogP contribution is 2.21. The van der Waals surface area contributed by atoms with Crippen molar-refractivity contribution in [3.8, 4) is 17.1 Å². The Hall–Kier alpha value is -2.51. The monoisotopic (exact) mass is 399 g/mol. The molecule has 7 heteroatoms. The number of halogens is 1. The molecule has 0 amide bonds. The highest BCUT2D eigenvalue weighted by atomic mass is 32.1. The zero-order valence-electron chi connectivity index (χ0n) is 16.1. The van der Waals surface area contributed by atoms with Crippen molar-refractivity contribution >= 4 is 12.2 Å². The van der Waals surface area contributed by atoms with Crippen molar-refractivity contribution in [3.05, 3.63) is 64.7 Å². The Bertz CT molecular complexity index is 1020. The van der Waals surface area contributed by atoms with E-state index in [-0.39, 0.29) is 5.82 Å². The fraction of sp³-hybridized carbons (Fsp3) is 0.333. The number of quaternary nitrogens is 1. The number of nitrogens with zero attached hydrogens (tertiary/aromatic N) is 3. The van der Waals surface area contributed by atoms with Gasteiger partial charge in [-0.2, -0.15) is 4.68 Å². The highest BCUT2D eigenvalue weighted by molar-refractivity contribution is 7.71. The standard InChI is InChI=1S/C21H23FN4OS/c1-24-20(18-5-3-4-6-19(18)22)23-26(21(24)28)14-25(16-9-10-16)13-15-7-11-17(27-2)12-8-15/h3-8,11-12,16H,9-10,13-14H2,1-2H3/p+1. The second-order valence-electron chi connectivity index (χ2n) is 7.26. The van der Waals surface area contributed by atoms with E-state index >= 15 is 0 Å². The van der Waals surface area contributed by atoms with Crippen LogP contribution < -0.4 is 9.64 Å². The lowest BCUT2D eigenvalue weighted by Gasteiger charge is -2.19. The van der Waals surface area contributed by atoms with Crippen molar-refractivity contribution in [2.24, 2.45) is 7.05 Å². The van der Waals surface area contributed by atoms with E-state index in [0.29, 0.717) is 28.9 Å². The summed E-state index contributed by atoms with van der Waals surface area (Å²) in [5.74, 6) is 1.13. The van der Waals surface area contributed by atoms with E-state index < -0.39 is 0 Å². The first-order valence-corrected chi connectivity index (χ1v) is 9.84. The minimum Gasteiger partial charge on any atom is -0.497 e. The number of methoxy groups -OCH3 is 1. The van der Waals surface area contributed by atoms with Gasteiger partial charge in [0.1, 0.15) is 18.1 Å². The molecule has 1 aliphatic carbocycles. The molecule has 1 atom stereocenters. The molecule has 3 aromatic rings. The molecule has 0 aliphatic heterocycles. The summed E-state index contributed by atoms with van der Waals surface area (Å²) in [7, 11) is 3.51. The van der Waals surface area contributed by atoms with Crippen molar-refractivity contribution in [2.45, 2.75) is 32.1 Å². The van der Waals surface area contributed by atoms with Crippen LogP contribution in [0, 0.1) is 10.6 Å². The fourth-order valence-electron chi connectivity index (χ4n) is 3.49.